The van der Waals surface area contributed by atoms with Crippen LogP contribution in [-0.4, -0.2) is 48.4 Å². The predicted octanol–water partition coefficient (Wildman–Crippen LogP) is -0.853. The molecular formula is C7H14N2O3. The molecule has 0 spiro atoms. The Kier molecular flexibility index (Phi) is 2.88. The van der Waals surface area contributed by atoms with E-state index >= 15 is 0 Å². The number of hydrogen-bond donors (Lipinski definition) is 2. The van der Waals surface area contributed by atoms with Crippen LogP contribution >= 0.6 is 0 Å². The fourth-order valence-electron chi connectivity index (χ4n) is 1.31. The standard InChI is InChI=1S/C7H14N2O3/c1-12-7(11)9-3-2-5(9)6(10)4-8/h5-6,10H,2-4,8H2,1H3. The molecule has 3 N–H and O–H groups in total. The average Bonchev–Trinajstić information content (AvgIpc) is 2.02. The van der Waals surface area contributed by atoms with Gasteiger partial charge in [-0.05, 0) is 6.42 Å². The van der Waals surface area contributed by atoms with E-state index in [4.69, 9.17) is 5.73 Å². The lowest BCUT2D eigenvalue weighted by atomic mass is 9.98. The summed E-state index contributed by atoms with van der Waals surface area (Å²) in [6.45, 7) is 0.826. The molecule has 0 aromatic carbocycles. The second kappa shape index (κ2) is 3.73. The Morgan fingerprint density at radius 3 is 2.92 bits per heavy atom. The lowest BCUT2D eigenvalue weighted by Crippen LogP contribution is -2.58. The Bertz CT molecular complexity index is 174. The van der Waals surface area contributed by atoms with Gasteiger partial charge in [-0.25, -0.2) is 4.79 Å². The predicted molar refractivity (Wildman–Crippen MR) is 42.6 cm³/mol. The van der Waals surface area contributed by atoms with Gasteiger partial charge in [0.05, 0.1) is 19.3 Å². The number of methoxy groups -OCH3 is 1. The molecule has 0 radical (unpaired) electrons. The van der Waals surface area contributed by atoms with Crippen LogP contribution in [0.25, 0.3) is 0 Å². The summed E-state index contributed by atoms with van der Waals surface area (Å²) < 4.78 is 4.51. The number of aliphatic hydroxyl groups excluding tert-OH is 1. The summed E-state index contributed by atoms with van der Waals surface area (Å²) in [7, 11) is 1.33. The molecule has 1 aliphatic heterocycles. The van der Waals surface area contributed by atoms with E-state index in [1.807, 2.05) is 0 Å². The molecular weight excluding hydrogens is 160 g/mol. The highest BCUT2D eigenvalue weighted by molar-refractivity contribution is 5.68. The quantitative estimate of drug-likeness (QED) is 0.571. The van der Waals surface area contributed by atoms with Gasteiger partial charge in [0.25, 0.3) is 0 Å². The highest BCUT2D eigenvalue weighted by Crippen LogP contribution is 2.20. The fraction of sp³-hybridized carbons (Fsp3) is 0.857. The van der Waals surface area contributed by atoms with Crippen molar-refractivity contribution in [2.75, 3.05) is 20.2 Å². The number of carbonyl (C=O) groups excluding carboxylic acids is 1. The van der Waals surface area contributed by atoms with Crippen molar-refractivity contribution in [2.45, 2.75) is 18.6 Å². The van der Waals surface area contributed by atoms with Crippen LogP contribution in [-0.2, 0) is 4.74 Å². The number of nitrogens with two attached hydrogens (primary N) is 1. The third kappa shape index (κ3) is 1.51. The number of hydrogen-bond acceptors (Lipinski definition) is 4. The van der Waals surface area contributed by atoms with E-state index in [0.29, 0.717) is 6.54 Å². The van der Waals surface area contributed by atoms with Gasteiger partial charge in [-0.3, -0.25) is 0 Å². The van der Waals surface area contributed by atoms with Crippen LogP contribution in [0.3, 0.4) is 0 Å². The van der Waals surface area contributed by atoms with Gasteiger partial charge in [-0.15, -0.1) is 0 Å². The summed E-state index contributed by atoms with van der Waals surface area (Å²) >= 11 is 0. The molecule has 70 valence electrons. The molecule has 0 saturated carbocycles. The van der Waals surface area contributed by atoms with Gasteiger partial charge >= 0.3 is 6.09 Å². The van der Waals surface area contributed by atoms with Crippen LogP contribution in [0, 0.1) is 0 Å². The van der Waals surface area contributed by atoms with Crippen LogP contribution in [0.5, 0.6) is 0 Å². The molecule has 0 aliphatic carbocycles. The Labute approximate surface area is 71.1 Å². The lowest BCUT2D eigenvalue weighted by Gasteiger charge is -2.41. The minimum Gasteiger partial charge on any atom is -0.453 e. The van der Waals surface area contributed by atoms with Crippen LogP contribution in [0.4, 0.5) is 4.79 Å². The second-order valence-corrected chi connectivity index (χ2v) is 2.82. The van der Waals surface area contributed by atoms with Crippen molar-refractivity contribution in [3.8, 4) is 0 Å². The lowest BCUT2D eigenvalue weighted by molar-refractivity contribution is -0.00548. The fourth-order valence-corrected chi connectivity index (χ4v) is 1.31. The Hall–Kier alpha value is -0.810. The van der Waals surface area contributed by atoms with E-state index < -0.39 is 12.2 Å². The largest absolute Gasteiger partial charge is 0.453 e. The average molecular weight is 174 g/mol. The molecule has 12 heavy (non-hydrogen) atoms. The smallest absolute Gasteiger partial charge is 0.409 e. The van der Waals surface area contributed by atoms with Crippen molar-refractivity contribution in [1.29, 1.82) is 0 Å². The van der Waals surface area contributed by atoms with Gasteiger partial charge in [0.2, 0.25) is 0 Å². The summed E-state index contributed by atoms with van der Waals surface area (Å²) in [5.41, 5.74) is 5.26. The van der Waals surface area contributed by atoms with Gasteiger partial charge in [0.1, 0.15) is 0 Å². The van der Waals surface area contributed by atoms with E-state index in [2.05, 4.69) is 4.74 Å². The molecule has 1 aliphatic rings. The highest BCUT2D eigenvalue weighted by Gasteiger charge is 2.37. The van der Waals surface area contributed by atoms with E-state index in [-0.39, 0.29) is 12.6 Å². The van der Waals surface area contributed by atoms with Gasteiger partial charge in [-0.1, -0.05) is 0 Å². The molecule has 2 atom stereocenters. The maximum atomic E-state index is 11.0. The van der Waals surface area contributed by atoms with E-state index in [9.17, 15) is 9.90 Å². The number of amides is 1. The molecule has 1 fully saturated rings. The number of rotatable bonds is 2. The zero-order valence-electron chi connectivity index (χ0n) is 7.06. The van der Waals surface area contributed by atoms with E-state index in [1.165, 1.54) is 12.0 Å². The molecule has 0 aromatic rings. The molecule has 5 heteroatoms. The normalized spacial score (nSPS) is 24.6. The van der Waals surface area contributed by atoms with Crippen LogP contribution in [0.15, 0.2) is 0 Å². The van der Waals surface area contributed by atoms with Crippen molar-refractivity contribution in [3.05, 3.63) is 0 Å². The monoisotopic (exact) mass is 174 g/mol. The molecule has 1 saturated heterocycles. The topological polar surface area (TPSA) is 75.8 Å². The van der Waals surface area contributed by atoms with Crippen LogP contribution in [0.1, 0.15) is 6.42 Å². The van der Waals surface area contributed by atoms with Gasteiger partial charge in [0.15, 0.2) is 0 Å². The van der Waals surface area contributed by atoms with Crippen molar-refractivity contribution in [3.63, 3.8) is 0 Å². The molecule has 5 nitrogen and oxygen atoms in total. The first kappa shape index (κ1) is 9.28. The first-order chi connectivity index (χ1) is 5.70. The summed E-state index contributed by atoms with van der Waals surface area (Å²) in [5, 5.41) is 9.32. The number of likely N-dealkylation sites (tertiary alicyclic amines) is 1. The number of ether oxygens (including phenoxy) is 1. The third-order valence-corrected chi connectivity index (χ3v) is 2.16. The molecule has 1 rings (SSSR count). The summed E-state index contributed by atoms with van der Waals surface area (Å²) in [4.78, 5) is 12.5. The first-order valence-corrected chi connectivity index (χ1v) is 3.93. The Morgan fingerprint density at radius 2 is 2.58 bits per heavy atom. The number of nitrogens with zero attached hydrogens (tertiary/aromatic N) is 1. The highest BCUT2D eigenvalue weighted by atomic mass is 16.5. The van der Waals surface area contributed by atoms with Crippen LogP contribution < -0.4 is 5.73 Å². The van der Waals surface area contributed by atoms with E-state index in [1.54, 1.807) is 0 Å². The maximum absolute atomic E-state index is 11.0. The number of carbonyl (C=O) groups is 1. The zero-order chi connectivity index (χ0) is 9.14. The maximum Gasteiger partial charge on any atom is 0.409 e. The Morgan fingerprint density at radius 1 is 1.92 bits per heavy atom. The minimum absolute atomic E-state index is 0.151. The van der Waals surface area contributed by atoms with Crippen molar-refractivity contribution in [2.24, 2.45) is 5.73 Å². The summed E-state index contributed by atoms with van der Waals surface area (Å²) in [5.74, 6) is 0. The minimum atomic E-state index is -0.627. The van der Waals surface area contributed by atoms with Crippen molar-refractivity contribution >= 4 is 6.09 Å². The van der Waals surface area contributed by atoms with Crippen molar-refractivity contribution < 1.29 is 14.6 Å². The zero-order valence-corrected chi connectivity index (χ0v) is 7.06. The second-order valence-electron chi connectivity index (χ2n) is 2.82. The van der Waals surface area contributed by atoms with Gasteiger partial charge in [0, 0.05) is 13.1 Å². The number of aliphatic hydroxyl groups is 1. The molecule has 0 bridgehead atoms. The molecule has 1 amide bonds. The molecule has 2 unspecified atom stereocenters. The summed E-state index contributed by atoms with van der Waals surface area (Å²) in [6.07, 6.45) is -0.218. The molecule has 1 heterocycles. The van der Waals surface area contributed by atoms with E-state index in [0.717, 1.165) is 6.42 Å². The Balaban J connectivity index is 2.43. The van der Waals surface area contributed by atoms with Crippen molar-refractivity contribution in [1.82, 2.24) is 4.90 Å². The SMILES string of the molecule is COC(=O)N1CCC1C(O)CN. The third-order valence-electron chi connectivity index (χ3n) is 2.16. The molecule has 0 aromatic heterocycles. The van der Waals surface area contributed by atoms with Crippen LogP contribution in [0.2, 0.25) is 0 Å². The van der Waals surface area contributed by atoms with Gasteiger partial charge < -0.3 is 20.5 Å². The first-order valence-electron chi connectivity index (χ1n) is 3.93. The van der Waals surface area contributed by atoms with Gasteiger partial charge in [-0.2, -0.15) is 0 Å². The summed E-state index contributed by atoms with van der Waals surface area (Å²) in [6, 6.07) is -0.151.